The van der Waals surface area contributed by atoms with Gasteiger partial charge in [-0.2, -0.15) is 5.10 Å². The van der Waals surface area contributed by atoms with Gasteiger partial charge in [0.25, 0.3) is 0 Å². The molecule has 0 aliphatic carbocycles. The SMILES string of the molecule is OCCn1cc(CNCc2cn[nH]c2)nn1. The lowest BCUT2D eigenvalue weighted by molar-refractivity contribution is 0.268. The molecule has 3 N–H and O–H groups in total. The molecule has 0 saturated carbocycles. The Kier molecular flexibility index (Phi) is 3.62. The zero-order valence-corrected chi connectivity index (χ0v) is 8.80. The first kappa shape index (κ1) is 10.8. The zero-order chi connectivity index (χ0) is 11.2. The van der Waals surface area contributed by atoms with Gasteiger partial charge in [-0.15, -0.1) is 5.10 Å². The van der Waals surface area contributed by atoms with Gasteiger partial charge in [-0.05, 0) is 0 Å². The molecule has 86 valence electrons. The van der Waals surface area contributed by atoms with Crippen molar-refractivity contribution in [2.24, 2.45) is 0 Å². The maximum absolute atomic E-state index is 8.72. The topological polar surface area (TPSA) is 91.7 Å². The number of aromatic amines is 1. The van der Waals surface area contributed by atoms with Crippen LogP contribution in [0.4, 0.5) is 0 Å². The molecule has 0 aromatic carbocycles. The summed E-state index contributed by atoms with van der Waals surface area (Å²) in [5.74, 6) is 0. The van der Waals surface area contributed by atoms with E-state index in [4.69, 9.17) is 5.11 Å². The molecular formula is C9H14N6O. The van der Waals surface area contributed by atoms with Crippen LogP contribution < -0.4 is 5.32 Å². The minimum atomic E-state index is 0.0747. The van der Waals surface area contributed by atoms with E-state index in [0.29, 0.717) is 13.1 Å². The van der Waals surface area contributed by atoms with Gasteiger partial charge in [0.05, 0.1) is 25.0 Å². The van der Waals surface area contributed by atoms with Crippen LogP contribution in [0.15, 0.2) is 18.6 Å². The summed E-state index contributed by atoms with van der Waals surface area (Å²) < 4.78 is 1.62. The first-order valence-electron chi connectivity index (χ1n) is 5.06. The molecule has 0 bridgehead atoms. The van der Waals surface area contributed by atoms with Crippen LogP contribution in [0.2, 0.25) is 0 Å². The first-order valence-corrected chi connectivity index (χ1v) is 5.06. The standard InChI is InChI=1S/C9H14N6O/c16-2-1-15-7-9(13-14-15)6-10-3-8-4-11-12-5-8/h4-5,7,10,16H,1-3,6H2,(H,11,12). The highest BCUT2D eigenvalue weighted by atomic mass is 16.3. The molecule has 0 atom stereocenters. The average Bonchev–Trinajstić information content (AvgIpc) is 2.90. The van der Waals surface area contributed by atoms with Crippen molar-refractivity contribution >= 4 is 0 Å². The maximum Gasteiger partial charge on any atom is 0.0964 e. The number of nitrogens with one attached hydrogen (secondary N) is 2. The van der Waals surface area contributed by atoms with Gasteiger partial charge in [-0.3, -0.25) is 5.10 Å². The summed E-state index contributed by atoms with van der Waals surface area (Å²) in [6, 6.07) is 0. The molecule has 2 aromatic heterocycles. The molecule has 2 heterocycles. The van der Waals surface area contributed by atoms with E-state index in [1.165, 1.54) is 0 Å². The van der Waals surface area contributed by atoms with Gasteiger partial charge >= 0.3 is 0 Å². The van der Waals surface area contributed by atoms with E-state index in [2.05, 4.69) is 25.8 Å². The molecule has 0 spiro atoms. The maximum atomic E-state index is 8.72. The number of aliphatic hydroxyl groups is 1. The molecule has 16 heavy (non-hydrogen) atoms. The summed E-state index contributed by atoms with van der Waals surface area (Å²) in [5, 5.41) is 26.4. The number of hydrogen-bond acceptors (Lipinski definition) is 5. The number of rotatable bonds is 6. The monoisotopic (exact) mass is 222 g/mol. The quantitative estimate of drug-likeness (QED) is 0.600. The Morgan fingerprint density at radius 3 is 3.12 bits per heavy atom. The van der Waals surface area contributed by atoms with Gasteiger partial charge in [0.1, 0.15) is 0 Å². The Morgan fingerprint density at radius 2 is 2.38 bits per heavy atom. The second-order valence-electron chi connectivity index (χ2n) is 3.41. The van der Waals surface area contributed by atoms with Gasteiger partial charge in [0, 0.05) is 31.0 Å². The highest BCUT2D eigenvalue weighted by Gasteiger charge is 2.00. The first-order chi connectivity index (χ1) is 7.88. The third-order valence-electron chi connectivity index (χ3n) is 2.11. The predicted octanol–water partition coefficient (Wildman–Crippen LogP) is -0.717. The predicted molar refractivity (Wildman–Crippen MR) is 56.2 cm³/mol. The van der Waals surface area contributed by atoms with Gasteiger partial charge < -0.3 is 10.4 Å². The lowest BCUT2D eigenvalue weighted by Crippen LogP contribution is -2.12. The molecule has 2 rings (SSSR count). The molecule has 0 fully saturated rings. The van der Waals surface area contributed by atoms with E-state index >= 15 is 0 Å². The van der Waals surface area contributed by atoms with E-state index in [-0.39, 0.29) is 6.61 Å². The van der Waals surface area contributed by atoms with Crippen molar-refractivity contribution in [1.82, 2.24) is 30.5 Å². The number of nitrogens with zero attached hydrogens (tertiary/aromatic N) is 4. The molecular weight excluding hydrogens is 208 g/mol. The normalized spacial score (nSPS) is 10.8. The van der Waals surface area contributed by atoms with Crippen molar-refractivity contribution in [2.45, 2.75) is 19.6 Å². The second kappa shape index (κ2) is 5.38. The lowest BCUT2D eigenvalue weighted by atomic mass is 10.3. The molecule has 2 aromatic rings. The Labute approximate surface area is 92.5 Å². The fourth-order valence-corrected chi connectivity index (χ4v) is 1.34. The van der Waals surface area contributed by atoms with Crippen LogP contribution in [0.3, 0.4) is 0 Å². The highest BCUT2D eigenvalue weighted by Crippen LogP contribution is 1.95. The summed E-state index contributed by atoms with van der Waals surface area (Å²) in [6.07, 6.45) is 5.43. The fraction of sp³-hybridized carbons (Fsp3) is 0.444. The third kappa shape index (κ3) is 2.88. The fourth-order valence-electron chi connectivity index (χ4n) is 1.34. The molecule has 0 radical (unpaired) electrons. The van der Waals surface area contributed by atoms with E-state index in [1.54, 1.807) is 10.9 Å². The molecule has 0 saturated heterocycles. The van der Waals surface area contributed by atoms with Crippen LogP contribution in [-0.4, -0.2) is 36.9 Å². The average molecular weight is 222 g/mol. The largest absolute Gasteiger partial charge is 0.394 e. The summed E-state index contributed by atoms with van der Waals surface area (Å²) in [7, 11) is 0. The van der Waals surface area contributed by atoms with Crippen molar-refractivity contribution in [3.8, 4) is 0 Å². The summed E-state index contributed by atoms with van der Waals surface area (Å²) >= 11 is 0. The van der Waals surface area contributed by atoms with Gasteiger partial charge in [-0.1, -0.05) is 5.21 Å². The molecule has 7 heteroatoms. The van der Waals surface area contributed by atoms with Crippen molar-refractivity contribution in [3.63, 3.8) is 0 Å². The van der Waals surface area contributed by atoms with Crippen LogP contribution in [0.25, 0.3) is 0 Å². The minimum absolute atomic E-state index is 0.0747. The van der Waals surface area contributed by atoms with Crippen LogP contribution in [-0.2, 0) is 19.6 Å². The van der Waals surface area contributed by atoms with Crippen LogP contribution >= 0.6 is 0 Å². The van der Waals surface area contributed by atoms with Gasteiger partial charge in [0.2, 0.25) is 0 Å². The van der Waals surface area contributed by atoms with Crippen LogP contribution in [0, 0.1) is 0 Å². The van der Waals surface area contributed by atoms with Crippen molar-refractivity contribution in [3.05, 3.63) is 29.8 Å². The summed E-state index contributed by atoms with van der Waals surface area (Å²) in [6.45, 7) is 1.94. The van der Waals surface area contributed by atoms with Crippen molar-refractivity contribution in [2.75, 3.05) is 6.61 Å². The van der Waals surface area contributed by atoms with Crippen molar-refractivity contribution < 1.29 is 5.11 Å². The van der Waals surface area contributed by atoms with E-state index in [1.807, 2.05) is 12.4 Å². The molecule has 0 unspecified atom stereocenters. The summed E-state index contributed by atoms with van der Waals surface area (Å²) in [4.78, 5) is 0. The molecule has 0 amide bonds. The summed E-state index contributed by atoms with van der Waals surface area (Å²) in [5.41, 5.74) is 1.96. The second-order valence-corrected chi connectivity index (χ2v) is 3.41. The number of aliphatic hydroxyl groups excluding tert-OH is 1. The van der Waals surface area contributed by atoms with Gasteiger partial charge in [-0.25, -0.2) is 4.68 Å². The Balaban J connectivity index is 1.76. The number of aromatic nitrogens is 5. The Morgan fingerprint density at radius 1 is 1.44 bits per heavy atom. The smallest absolute Gasteiger partial charge is 0.0964 e. The zero-order valence-electron chi connectivity index (χ0n) is 8.80. The van der Waals surface area contributed by atoms with Crippen molar-refractivity contribution in [1.29, 1.82) is 0 Å². The molecule has 0 aliphatic rings. The van der Waals surface area contributed by atoms with Crippen LogP contribution in [0.5, 0.6) is 0 Å². The Bertz CT molecular complexity index is 409. The van der Waals surface area contributed by atoms with E-state index in [9.17, 15) is 0 Å². The minimum Gasteiger partial charge on any atom is -0.394 e. The van der Waals surface area contributed by atoms with Crippen LogP contribution in [0.1, 0.15) is 11.3 Å². The lowest BCUT2D eigenvalue weighted by Gasteiger charge is -1.98. The molecule has 0 aliphatic heterocycles. The Hall–Kier alpha value is -1.73. The highest BCUT2D eigenvalue weighted by molar-refractivity contribution is 5.02. The third-order valence-corrected chi connectivity index (χ3v) is 2.11. The van der Waals surface area contributed by atoms with E-state index in [0.717, 1.165) is 17.8 Å². The number of H-pyrrole nitrogens is 1. The molecule has 7 nitrogen and oxygen atoms in total. The number of hydrogen-bond donors (Lipinski definition) is 3. The van der Waals surface area contributed by atoms with Gasteiger partial charge in [0.15, 0.2) is 0 Å². The van der Waals surface area contributed by atoms with E-state index < -0.39 is 0 Å².